The molecule has 0 atom stereocenters. The first kappa shape index (κ1) is 10.9. The monoisotopic (exact) mass is 220 g/mol. The summed E-state index contributed by atoms with van der Waals surface area (Å²) < 4.78 is 0. The third-order valence-electron chi connectivity index (χ3n) is 3.02. The number of nitrogens with one attached hydrogen (secondary N) is 1. The summed E-state index contributed by atoms with van der Waals surface area (Å²) in [5.74, 6) is -0.160. The van der Waals surface area contributed by atoms with Crippen molar-refractivity contribution < 1.29 is 4.79 Å². The van der Waals surface area contributed by atoms with Gasteiger partial charge in [0.15, 0.2) is 5.43 Å². The van der Waals surface area contributed by atoms with Gasteiger partial charge in [-0.25, -0.2) is 0 Å². The maximum atomic E-state index is 12.1. The second-order valence-electron chi connectivity index (χ2n) is 5.06. The number of rotatable bonds is 1. The minimum absolute atomic E-state index is 0.160. The average molecular weight is 220 g/mol. The molecular formula is C12H16N2O2. The van der Waals surface area contributed by atoms with Crippen LogP contribution in [0, 0.1) is 5.41 Å². The molecule has 86 valence electrons. The fourth-order valence-electron chi connectivity index (χ4n) is 2.04. The number of carbonyl (C=O) groups is 1. The molecule has 0 unspecified atom stereocenters. The first-order chi connectivity index (χ1) is 7.49. The fraction of sp³-hybridized carbons (Fsp3) is 0.500. The second-order valence-corrected chi connectivity index (χ2v) is 5.06. The van der Waals surface area contributed by atoms with E-state index < -0.39 is 0 Å². The summed E-state index contributed by atoms with van der Waals surface area (Å²) in [6.45, 7) is 5.73. The van der Waals surface area contributed by atoms with Gasteiger partial charge in [0.2, 0.25) is 0 Å². The fourth-order valence-corrected chi connectivity index (χ4v) is 2.04. The minimum Gasteiger partial charge on any atom is -0.367 e. The number of H-pyrrole nitrogens is 1. The van der Waals surface area contributed by atoms with E-state index in [9.17, 15) is 9.59 Å². The van der Waals surface area contributed by atoms with Crippen molar-refractivity contribution in [1.29, 1.82) is 0 Å². The van der Waals surface area contributed by atoms with Crippen molar-refractivity contribution >= 4 is 5.91 Å². The maximum Gasteiger partial charge on any atom is 0.259 e. The van der Waals surface area contributed by atoms with Crippen LogP contribution in [0.3, 0.4) is 0 Å². The first-order valence-corrected chi connectivity index (χ1v) is 5.46. The smallest absolute Gasteiger partial charge is 0.259 e. The van der Waals surface area contributed by atoms with Gasteiger partial charge in [-0.05, 0) is 11.8 Å². The van der Waals surface area contributed by atoms with Crippen molar-refractivity contribution in [3.05, 3.63) is 34.2 Å². The van der Waals surface area contributed by atoms with E-state index in [1.165, 1.54) is 18.5 Å². The predicted octanol–water partition coefficient (Wildman–Crippen LogP) is 1.25. The molecular weight excluding hydrogens is 204 g/mol. The minimum atomic E-state index is -0.214. The van der Waals surface area contributed by atoms with Crippen LogP contribution < -0.4 is 5.43 Å². The molecule has 0 saturated carbocycles. The van der Waals surface area contributed by atoms with Gasteiger partial charge >= 0.3 is 0 Å². The Morgan fingerprint density at radius 3 is 2.81 bits per heavy atom. The van der Waals surface area contributed by atoms with Crippen LogP contribution in [0.1, 0.15) is 30.6 Å². The van der Waals surface area contributed by atoms with Crippen LogP contribution >= 0.6 is 0 Å². The lowest BCUT2D eigenvalue weighted by Crippen LogP contribution is -2.33. The third kappa shape index (κ3) is 2.01. The molecule has 1 N–H and O–H groups in total. The number of nitrogens with zero attached hydrogens (tertiary/aromatic N) is 1. The van der Waals surface area contributed by atoms with E-state index >= 15 is 0 Å². The Bertz CT molecular complexity index is 462. The number of aromatic nitrogens is 1. The summed E-state index contributed by atoms with van der Waals surface area (Å²) >= 11 is 0. The van der Waals surface area contributed by atoms with E-state index in [0.29, 0.717) is 0 Å². The van der Waals surface area contributed by atoms with Crippen LogP contribution in [-0.4, -0.2) is 28.9 Å². The lowest BCUT2D eigenvalue weighted by molar-refractivity contribution is 0.0776. The van der Waals surface area contributed by atoms with Gasteiger partial charge in [-0.2, -0.15) is 0 Å². The molecule has 0 aliphatic carbocycles. The van der Waals surface area contributed by atoms with Crippen molar-refractivity contribution in [3.8, 4) is 0 Å². The van der Waals surface area contributed by atoms with Gasteiger partial charge < -0.3 is 9.88 Å². The van der Waals surface area contributed by atoms with Crippen LogP contribution in [0.4, 0.5) is 0 Å². The molecule has 1 amide bonds. The molecule has 2 rings (SSSR count). The maximum absolute atomic E-state index is 12.1. The second kappa shape index (κ2) is 3.77. The Labute approximate surface area is 94.3 Å². The average Bonchev–Trinajstić information content (AvgIpc) is 2.59. The highest BCUT2D eigenvalue weighted by Crippen LogP contribution is 2.29. The number of hydrogen-bond acceptors (Lipinski definition) is 2. The van der Waals surface area contributed by atoms with Crippen LogP contribution in [0.25, 0.3) is 0 Å². The van der Waals surface area contributed by atoms with Crippen molar-refractivity contribution in [3.63, 3.8) is 0 Å². The van der Waals surface area contributed by atoms with Crippen LogP contribution in [0.2, 0.25) is 0 Å². The summed E-state index contributed by atoms with van der Waals surface area (Å²) in [5.41, 5.74) is 0.186. The molecule has 1 fully saturated rings. The summed E-state index contributed by atoms with van der Waals surface area (Å²) in [6, 6.07) is 1.38. The zero-order chi connectivity index (χ0) is 11.8. The number of amides is 1. The molecule has 4 nitrogen and oxygen atoms in total. The molecule has 16 heavy (non-hydrogen) atoms. The number of pyridine rings is 1. The number of aromatic amines is 1. The summed E-state index contributed by atoms with van der Waals surface area (Å²) in [7, 11) is 0. The molecule has 0 radical (unpaired) electrons. The van der Waals surface area contributed by atoms with E-state index in [1.54, 1.807) is 4.90 Å². The van der Waals surface area contributed by atoms with E-state index in [2.05, 4.69) is 18.8 Å². The number of hydrogen-bond donors (Lipinski definition) is 1. The Balaban J connectivity index is 2.22. The molecule has 1 aliphatic heterocycles. The van der Waals surface area contributed by atoms with Gasteiger partial charge in [0.1, 0.15) is 5.56 Å². The SMILES string of the molecule is CC1(C)CCN(C(=O)c2c[nH]ccc2=O)C1. The largest absolute Gasteiger partial charge is 0.367 e. The number of likely N-dealkylation sites (tertiary alicyclic amines) is 1. The standard InChI is InChI=1S/C12H16N2O2/c1-12(2)4-6-14(8-12)11(16)9-7-13-5-3-10(9)15/h3,5,7H,4,6,8H2,1-2H3,(H,13,15). The lowest BCUT2D eigenvalue weighted by atomic mass is 9.93. The topological polar surface area (TPSA) is 53.2 Å². The van der Waals surface area contributed by atoms with E-state index in [0.717, 1.165) is 19.5 Å². The number of carbonyl (C=O) groups excluding carboxylic acids is 1. The van der Waals surface area contributed by atoms with Crippen LogP contribution in [0.5, 0.6) is 0 Å². The molecule has 1 aliphatic rings. The van der Waals surface area contributed by atoms with E-state index in [-0.39, 0.29) is 22.3 Å². The normalized spacial score (nSPS) is 18.8. The predicted molar refractivity (Wildman–Crippen MR) is 61.4 cm³/mol. The zero-order valence-corrected chi connectivity index (χ0v) is 9.62. The van der Waals surface area contributed by atoms with Crippen molar-refractivity contribution in [2.75, 3.05) is 13.1 Å². The quantitative estimate of drug-likeness (QED) is 0.774. The van der Waals surface area contributed by atoms with Gasteiger partial charge in [-0.15, -0.1) is 0 Å². The van der Waals surface area contributed by atoms with Crippen LogP contribution in [0.15, 0.2) is 23.3 Å². The van der Waals surface area contributed by atoms with Crippen LogP contribution in [-0.2, 0) is 0 Å². The van der Waals surface area contributed by atoms with Crippen molar-refractivity contribution in [1.82, 2.24) is 9.88 Å². The first-order valence-electron chi connectivity index (χ1n) is 5.46. The Kier molecular flexibility index (Phi) is 2.58. The Morgan fingerprint density at radius 2 is 2.25 bits per heavy atom. The molecule has 4 heteroatoms. The van der Waals surface area contributed by atoms with Gasteiger partial charge in [-0.3, -0.25) is 9.59 Å². The molecule has 1 aromatic rings. The highest BCUT2D eigenvalue weighted by Gasteiger charge is 2.32. The molecule has 1 aromatic heterocycles. The molecule has 2 heterocycles. The van der Waals surface area contributed by atoms with Gasteiger partial charge in [0.25, 0.3) is 5.91 Å². The lowest BCUT2D eigenvalue weighted by Gasteiger charge is -2.19. The Morgan fingerprint density at radius 1 is 1.50 bits per heavy atom. The molecule has 0 bridgehead atoms. The third-order valence-corrected chi connectivity index (χ3v) is 3.02. The van der Waals surface area contributed by atoms with Gasteiger partial charge in [0, 0.05) is 31.5 Å². The summed E-state index contributed by atoms with van der Waals surface area (Å²) in [4.78, 5) is 28.1. The van der Waals surface area contributed by atoms with Crippen molar-refractivity contribution in [2.24, 2.45) is 5.41 Å². The Hall–Kier alpha value is -1.58. The van der Waals surface area contributed by atoms with Gasteiger partial charge in [-0.1, -0.05) is 13.8 Å². The highest BCUT2D eigenvalue weighted by atomic mass is 16.2. The van der Waals surface area contributed by atoms with Crippen molar-refractivity contribution in [2.45, 2.75) is 20.3 Å². The van der Waals surface area contributed by atoms with E-state index in [1.807, 2.05) is 0 Å². The molecule has 0 aromatic carbocycles. The molecule has 1 saturated heterocycles. The zero-order valence-electron chi connectivity index (χ0n) is 9.62. The molecule has 0 spiro atoms. The summed E-state index contributed by atoms with van der Waals surface area (Å²) in [6.07, 6.45) is 4.01. The van der Waals surface area contributed by atoms with Gasteiger partial charge in [0.05, 0.1) is 0 Å². The highest BCUT2D eigenvalue weighted by molar-refractivity contribution is 5.94. The van der Waals surface area contributed by atoms with E-state index in [4.69, 9.17) is 0 Å². The summed E-state index contributed by atoms with van der Waals surface area (Å²) in [5, 5.41) is 0.